The van der Waals surface area contributed by atoms with Crippen LogP contribution in [0, 0.1) is 0 Å². The highest BCUT2D eigenvalue weighted by Gasteiger charge is 2.51. The first kappa shape index (κ1) is 22.2. The van der Waals surface area contributed by atoms with Gasteiger partial charge in [0.15, 0.2) is 5.79 Å². The molecule has 2 aromatic rings. The summed E-state index contributed by atoms with van der Waals surface area (Å²) in [5.74, 6) is -0.731. The number of ether oxygens (including phenoxy) is 2. The Kier molecular flexibility index (Phi) is 6.66. The predicted molar refractivity (Wildman–Crippen MR) is 119 cm³/mol. The van der Waals surface area contributed by atoms with E-state index in [0.29, 0.717) is 13.0 Å². The smallest absolute Gasteiger partial charge is 0.261 e. The van der Waals surface area contributed by atoms with Crippen molar-refractivity contribution in [3.8, 4) is 0 Å². The fourth-order valence-electron chi connectivity index (χ4n) is 4.41. The van der Waals surface area contributed by atoms with Crippen LogP contribution in [0.5, 0.6) is 0 Å². The maximum atomic E-state index is 9.64. The van der Waals surface area contributed by atoms with Crippen molar-refractivity contribution in [2.75, 3.05) is 13.2 Å². The number of hydrogen-bond donors (Lipinski definition) is 1. The molecule has 2 aromatic carbocycles. The van der Waals surface area contributed by atoms with E-state index < -0.39 is 14.1 Å². The van der Waals surface area contributed by atoms with Crippen molar-refractivity contribution in [3.63, 3.8) is 0 Å². The van der Waals surface area contributed by atoms with E-state index in [9.17, 15) is 5.11 Å². The first-order valence-electron chi connectivity index (χ1n) is 10.4. The van der Waals surface area contributed by atoms with Gasteiger partial charge in [0.25, 0.3) is 8.32 Å². The first-order chi connectivity index (χ1) is 13.7. The molecule has 1 saturated heterocycles. The molecule has 0 saturated carbocycles. The van der Waals surface area contributed by atoms with Crippen LogP contribution in [0.2, 0.25) is 5.04 Å². The average molecular weight is 415 g/mol. The molecule has 1 N–H and O–H groups in total. The Bertz CT molecular complexity index is 731. The second kappa shape index (κ2) is 8.70. The van der Waals surface area contributed by atoms with Crippen LogP contribution in [0.15, 0.2) is 60.7 Å². The molecule has 4 nitrogen and oxygen atoms in total. The molecule has 0 unspecified atom stereocenters. The number of aliphatic hydroxyl groups is 1. The van der Waals surface area contributed by atoms with Crippen molar-refractivity contribution in [2.45, 2.75) is 64.1 Å². The normalized spacial score (nSPS) is 22.4. The fourth-order valence-corrected chi connectivity index (χ4v) is 9.00. The summed E-state index contributed by atoms with van der Waals surface area (Å²) in [6.07, 6.45) is 0.266. The monoisotopic (exact) mass is 414 g/mol. The summed E-state index contributed by atoms with van der Waals surface area (Å²) in [5.41, 5.74) is 0. The Morgan fingerprint density at radius 2 is 1.41 bits per heavy atom. The first-order valence-corrected chi connectivity index (χ1v) is 12.3. The number of hydrogen-bond acceptors (Lipinski definition) is 4. The van der Waals surface area contributed by atoms with Crippen LogP contribution in [0.1, 0.15) is 41.0 Å². The highest BCUT2D eigenvalue weighted by molar-refractivity contribution is 6.99. The van der Waals surface area contributed by atoms with E-state index in [0.717, 1.165) is 0 Å². The molecule has 1 heterocycles. The highest BCUT2D eigenvalue weighted by atomic mass is 28.4. The molecule has 158 valence electrons. The Morgan fingerprint density at radius 1 is 0.931 bits per heavy atom. The summed E-state index contributed by atoms with van der Waals surface area (Å²) in [7, 11) is -2.60. The molecule has 0 aliphatic carbocycles. The van der Waals surface area contributed by atoms with E-state index in [-0.39, 0.29) is 23.9 Å². The largest absolute Gasteiger partial charge is 0.405 e. The zero-order chi connectivity index (χ0) is 21.1. The van der Waals surface area contributed by atoms with Gasteiger partial charge in [0, 0.05) is 6.42 Å². The zero-order valence-corrected chi connectivity index (χ0v) is 19.2. The van der Waals surface area contributed by atoms with Crippen LogP contribution in [0.25, 0.3) is 0 Å². The quantitative estimate of drug-likeness (QED) is 0.736. The average Bonchev–Trinajstić information content (AvgIpc) is 2.68. The van der Waals surface area contributed by atoms with Gasteiger partial charge in [-0.15, -0.1) is 0 Å². The second-order valence-corrected chi connectivity index (χ2v) is 13.6. The summed E-state index contributed by atoms with van der Waals surface area (Å²) in [5, 5.41) is 12.1. The van der Waals surface area contributed by atoms with E-state index in [1.165, 1.54) is 10.4 Å². The van der Waals surface area contributed by atoms with Gasteiger partial charge < -0.3 is 19.0 Å². The third-order valence-corrected chi connectivity index (χ3v) is 10.5. The lowest BCUT2D eigenvalue weighted by molar-refractivity contribution is -0.307. The van der Waals surface area contributed by atoms with Crippen molar-refractivity contribution in [1.29, 1.82) is 0 Å². The van der Waals surface area contributed by atoms with Crippen molar-refractivity contribution in [2.24, 2.45) is 0 Å². The molecular weight excluding hydrogens is 380 g/mol. The highest BCUT2D eigenvalue weighted by Crippen LogP contribution is 2.37. The minimum Gasteiger partial charge on any atom is -0.405 e. The molecule has 5 heteroatoms. The zero-order valence-electron chi connectivity index (χ0n) is 18.2. The van der Waals surface area contributed by atoms with E-state index in [1.54, 1.807) is 0 Å². The van der Waals surface area contributed by atoms with Gasteiger partial charge >= 0.3 is 0 Å². The molecule has 1 aliphatic heterocycles. The molecule has 3 rings (SSSR count). The Labute approximate surface area is 176 Å². The molecule has 0 amide bonds. The minimum atomic E-state index is -2.60. The van der Waals surface area contributed by atoms with Crippen molar-refractivity contribution >= 4 is 18.7 Å². The van der Waals surface area contributed by atoms with Crippen LogP contribution in [-0.4, -0.2) is 44.6 Å². The van der Waals surface area contributed by atoms with E-state index in [4.69, 9.17) is 13.9 Å². The van der Waals surface area contributed by atoms with Crippen LogP contribution >= 0.6 is 0 Å². The fraction of sp³-hybridized carbons (Fsp3) is 0.500. The summed E-state index contributed by atoms with van der Waals surface area (Å²) >= 11 is 0. The number of aliphatic hydroxyl groups excluding tert-OH is 1. The Hall–Kier alpha value is -1.50. The lowest BCUT2D eigenvalue weighted by Gasteiger charge is -2.45. The molecule has 29 heavy (non-hydrogen) atoms. The Morgan fingerprint density at radius 3 is 1.86 bits per heavy atom. The van der Waals surface area contributed by atoms with E-state index >= 15 is 0 Å². The third-order valence-electron chi connectivity index (χ3n) is 5.53. The maximum absolute atomic E-state index is 9.64. The SMILES string of the molecule is CC1(C)O[C@H](CO)C[C@H](CO[Si](c2ccccc2)(c2ccccc2)C(C)(C)C)O1. The molecule has 0 spiro atoms. The molecule has 1 fully saturated rings. The van der Waals surface area contributed by atoms with E-state index in [1.807, 2.05) is 26.0 Å². The van der Waals surface area contributed by atoms with Gasteiger partial charge in [0.05, 0.1) is 25.4 Å². The third kappa shape index (κ3) is 4.81. The molecule has 1 aliphatic rings. The van der Waals surface area contributed by atoms with Crippen molar-refractivity contribution in [1.82, 2.24) is 0 Å². The van der Waals surface area contributed by atoms with Gasteiger partial charge in [-0.1, -0.05) is 81.4 Å². The van der Waals surface area contributed by atoms with Crippen LogP contribution in [-0.2, 0) is 13.9 Å². The topological polar surface area (TPSA) is 47.9 Å². The van der Waals surface area contributed by atoms with Crippen molar-refractivity contribution < 1.29 is 19.0 Å². The predicted octanol–water partition coefficient (Wildman–Crippen LogP) is 3.47. The van der Waals surface area contributed by atoms with Gasteiger partial charge in [0.2, 0.25) is 0 Å². The molecule has 0 aromatic heterocycles. The molecule has 0 bridgehead atoms. The lowest BCUT2D eigenvalue weighted by atomic mass is 10.1. The van der Waals surface area contributed by atoms with Crippen LogP contribution < -0.4 is 10.4 Å². The van der Waals surface area contributed by atoms with Gasteiger partial charge in [-0.05, 0) is 29.3 Å². The van der Waals surface area contributed by atoms with Gasteiger partial charge in [-0.3, -0.25) is 0 Å². The second-order valence-electron chi connectivity index (χ2n) is 9.27. The lowest BCUT2D eigenvalue weighted by Crippen LogP contribution is -2.67. The summed E-state index contributed by atoms with van der Waals surface area (Å²) < 4.78 is 18.9. The Balaban J connectivity index is 1.98. The van der Waals surface area contributed by atoms with E-state index in [2.05, 4.69) is 69.3 Å². The van der Waals surface area contributed by atoms with Gasteiger partial charge in [-0.25, -0.2) is 0 Å². The van der Waals surface area contributed by atoms with Crippen LogP contribution in [0.4, 0.5) is 0 Å². The van der Waals surface area contributed by atoms with Crippen molar-refractivity contribution in [3.05, 3.63) is 60.7 Å². The van der Waals surface area contributed by atoms with Crippen LogP contribution in [0.3, 0.4) is 0 Å². The standard InChI is InChI=1S/C24H34O4Si/c1-23(2,3)29(21-12-8-6-9-13-21,22-14-10-7-11-15-22)26-18-20-16-19(17-25)27-24(4,5)28-20/h6-15,19-20,25H,16-18H2,1-5H3/t19-,20+/m0/s1. The molecule has 2 atom stereocenters. The molecular formula is C24H34O4Si. The number of benzene rings is 2. The molecule has 0 radical (unpaired) electrons. The number of rotatable bonds is 6. The maximum Gasteiger partial charge on any atom is 0.261 e. The summed E-state index contributed by atoms with van der Waals surface area (Å²) in [4.78, 5) is 0. The minimum absolute atomic E-state index is 0.0114. The van der Waals surface area contributed by atoms with Gasteiger partial charge in [-0.2, -0.15) is 0 Å². The summed E-state index contributed by atoms with van der Waals surface area (Å²) in [6, 6.07) is 21.2. The summed E-state index contributed by atoms with van der Waals surface area (Å²) in [6.45, 7) is 11.0. The van der Waals surface area contributed by atoms with Gasteiger partial charge in [0.1, 0.15) is 0 Å².